The molecule has 0 spiro atoms. The summed E-state index contributed by atoms with van der Waals surface area (Å²) in [7, 11) is 0. The summed E-state index contributed by atoms with van der Waals surface area (Å²) in [6.45, 7) is 0. The quantitative estimate of drug-likeness (QED) is 0.596. The van der Waals surface area contributed by atoms with E-state index < -0.39 is 11.8 Å². The summed E-state index contributed by atoms with van der Waals surface area (Å²) in [4.78, 5) is 0. The summed E-state index contributed by atoms with van der Waals surface area (Å²) in [6, 6.07) is 14.3. The van der Waals surface area contributed by atoms with E-state index >= 15 is 0 Å². The van der Waals surface area contributed by atoms with E-state index in [2.05, 4.69) is 12.1 Å². The third-order valence-electron chi connectivity index (χ3n) is 3.46. The van der Waals surface area contributed by atoms with Crippen LogP contribution in [0.5, 0.6) is 0 Å². The minimum absolute atomic E-state index is 0.274. The van der Waals surface area contributed by atoms with Crippen LogP contribution in [0, 0.1) is 22.7 Å². The van der Waals surface area contributed by atoms with Crippen molar-refractivity contribution < 1.29 is 0 Å². The smallest absolute Gasteiger partial charge is 0.0742 e. The third-order valence-corrected chi connectivity index (χ3v) is 4.58. The predicted octanol–water partition coefficient (Wildman–Crippen LogP) is 6.60. The molecule has 0 bridgehead atoms. The van der Waals surface area contributed by atoms with Crippen LogP contribution in [0.15, 0.2) is 36.4 Å². The maximum atomic E-state index is 9.47. The zero-order chi connectivity index (χ0) is 17.0. The van der Waals surface area contributed by atoms with Crippen molar-refractivity contribution in [3.05, 3.63) is 67.6 Å². The van der Waals surface area contributed by atoms with Gasteiger partial charge in [-0.2, -0.15) is 10.5 Å². The van der Waals surface area contributed by atoms with Gasteiger partial charge < -0.3 is 0 Å². The molecule has 2 aromatic carbocycles. The van der Waals surface area contributed by atoms with E-state index in [0.29, 0.717) is 31.2 Å². The second kappa shape index (κ2) is 7.91. The van der Waals surface area contributed by atoms with Crippen molar-refractivity contribution in [2.75, 3.05) is 0 Å². The van der Waals surface area contributed by atoms with E-state index in [1.165, 1.54) is 0 Å². The van der Waals surface area contributed by atoms with Crippen LogP contribution in [0.4, 0.5) is 0 Å². The molecular weight excluding hydrogens is 374 g/mol. The molecule has 0 aliphatic heterocycles. The van der Waals surface area contributed by atoms with Crippen molar-refractivity contribution >= 4 is 46.4 Å². The van der Waals surface area contributed by atoms with E-state index in [0.717, 1.165) is 0 Å². The number of benzene rings is 2. The number of nitriles is 2. The van der Waals surface area contributed by atoms with E-state index in [4.69, 9.17) is 46.4 Å². The molecule has 2 atom stereocenters. The zero-order valence-corrected chi connectivity index (χ0v) is 14.8. The molecule has 0 saturated heterocycles. The number of hydrogen-bond acceptors (Lipinski definition) is 2. The third kappa shape index (κ3) is 4.31. The summed E-state index contributed by atoms with van der Waals surface area (Å²) >= 11 is 24.1. The predicted molar refractivity (Wildman–Crippen MR) is 94.2 cm³/mol. The van der Waals surface area contributed by atoms with Gasteiger partial charge in [-0.25, -0.2) is 0 Å². The van der Waals surface area contributed by atoms with Gasteiger partial charge in [0.05, 0.1) is 24.0 Å². The lowest BCUT2D eigenvalue weighted by Crippen LogP contribution is -2.05. The SMILES string of the molecule is N#C[C@@H](C[C@H](C#N)c1ccc(Cl)cc1Cl)c1ccc(Cl)cc1Cl. The molecule has 0 N–H and O–H groups in total. The average molecular weight is 384 g/mol. The van der Waals surface area contributed by atoms with Gasteiger partial charge >= 0.3 is 0 Å². The van der Waals surface area contributed by atoms with E-state index in [-0.39, 0.29) is 6.42 Å². The van der Waals surface area contributed by atoms with Crippen molar-refractivity contribution in [2.24, 2.45) is 0 Å². The molecular formula is C17H10Cl4N2. The Morgan fingerprint density at radius 2 is 1.13 bits per heavy atom. The number of hydrogen-bond donors (Lipinski definition) is 0. The molecule has 0 radical (unpaired) electrons. The number of rotatable bonds is 4. The summed E-state index contributed by atoms with van der Waals surface area (Å²) in [5.41, 5.74) is 1.29. The molecule has 6 heteroatoms. The van der Waals surface area contributed by atoms with Gasteiger partial charge in [0.25, 0.3) is 0 Å². The van der Waals surface area contributed by atoms with Crippen LogP contribution < -0.4 is 0 Å². The fraction of sp³-hybridized carbons (Fsp3) is 0.176. The lowest BCUT2D eigenvalue weighted by Gasteiger charge is -2.16. The van der Waals surface area contributed by atoms with Crippen molar-refractivity contribution in [1.82, 2.24) is 0 Å². The van der Waals surface area contributed by atoms with Gasteiger partial charge in [-0.05, 0) is 41.8 Å². The topological polar surface area (TPSA) is 47.6 Å². The first kappa shape index (κ1) is 17.9. The molecule has 2 aromatic rings. The average Bonchev–Trinajstić information content (AvgIpc) is 2.50. The van der Waals surface area contributed by atoms with Crippen LogP contribution in [-0.4, -0.2) is 0 Å². The fourth-order valence-electron chi connectivity index (χ4n) is 2.30. The minimum atomic E-state index is -0.545. The molecule has 0 heterocycles. The lowest BCUT2D eigenvalue weighted by atomic mass is 9.86. The molecule has 2 rings (SSSR count). The van der Waals surface area contributed by atoms with E-state index in [1.807, 2.05) is 0 Å². The summed E-state index contributed by atoms with van der Waals surface area (Å²) in [6.07, 6.45) is 0.274. The van der Waals surface area contributed by atoms with Crippen molar-refractivity contribution in [1.29, 1.82) is 10.5 Å². The highest BCUT2D eigenvalue weighted by Gasteiger charge is 2.23. The van der Waals surface area contributed by atoms with Crippen molar-refractivity contribution in [3.63, 3.8) is 0 Å². The first-order chi connectivity index (χ1) is 11.0. The molecule has 23 heavy (non-hydrogen) atoms. The van der Waals surface area contributed by atoms with E-state index in [1.54, 1.807) is 36.4 Å². The summed E-state index contributed by atoms with van der Waals surface area (Å²) in [5.74, 6) is -1.09. The number of nitrogens with zero attached hydrogens (tertiary/aromatic N) is 2. The van der Waals surface area contributed by atoms with Crippen LogP contribution >= 0.6 is 46.4 Å². The van der Waals surface area contributed by atoms with E-state index in [9.17, 15) is 10.5 Å². The molecule has 0 saturated carbocycles. The molecule has 0 aliphatic rings. The Labute approximate surface area is 154 Å². The van der Waals surface area contributed by atoms with Gasteiger partial charge in [0.15, 0.2) is 0 Å². The molecule has 0 aromatic heterocycles. The Morgan fingerprint density at radius 1 is 0.739 bits per heavy atom. The van der Waals surface area contributed by atoms with Gasteiger partial charge in [-0.3, -0.25) is 0 Å². The Hall–Kier alpha value is -1.42. The molecule has 0 amide bonds. The maximum absolute atomic E-state index is 9.47. The zero-order valence-electron chi connectivity index (χ0n) is 11.7. The second-order valence-electron chi connectivity index (χ2n) is 4.93. The van der Waals surface area contributed by atoms with Crippen molar-refractivity contribution in [3.8, 4) is 12.1 Å². The minimum Gasteiger partial charge on any atom is -0.198 e. The first-order valence-corrected chi connectivity index (χ1v) is 8.16. The Morgan fingerprint density at radius 3 is 1.43 bits per heavy atom. The highest BCUT2D eigenvalue weighted by molar-refractivity contribution is 6.35. The molecule has 116 valence electrons. The monoisotopic (exact) mass is 382 g/mol. The Bertz CT molecular complexity index is 738. The highest BCUT2D eigenvalue weighted by Crippen LogP contribution is 2.36. The van der Waals surface area contributed by atoms with Gasteiger partial charge in [0, 0.05) is 20.1 Å². The second-order valence-corrected chi connectivity index (χ2v) is 6.62. The standard InChI is InChI=1S/C17H10Cl4N2/c18-12-1-3-14(16(20)6-12)10(8-22)5-11(9-23)15-4-2-13(19)7-17(15)21/h1-4,6-7,10-11H,5H2/t10-,11-/m1/s1. The maximum Gasteiger partial charge on any atom is 0.0742 e. The van der Waals surface area contributed by atoms with Crippen LogP contribution in [0.2, 0.25) is 20.1 Å². The molecule has 0 aliphatic carbocycles. The molecule has 0 fully saturated rings. The van der Waals surface area contributed by atoms with Crippen molar-refractivity contribution in [2.45, 2.75) is 18.3 Å². The van der Waals surface area contributed by atoms with Crippen LogP contribution in [0.3, 0.4) is 0 Å². The summed E-state index contributed by atoms with van der Waals surface area (Å²) < 4.78 is 0. The number of halogens is 4. The van der Waals surface area contributed by atoms with Gasteiger partial charge in [-0.1, -0.05) is 58.5 Å². The molecule has 0 unspecified atom stereocenters. The van der Waals surface area contributed by atoms with Gasteiger partial charge in [0.1, 0.15) is 0 Å². The normalized spacial score (nSPS) is 13.0. The lowest BCUT2D eigenvalue weighted by molar-refractivity contribution is 0.690. The van der Waals surface area contributed by atoms with Crippen LogP contribution in [-0.2, 0) is 0 Å². The Kier molecular flexibility index (Phi) is 6.17. The van der Waals surface area contributed by atoms with Crippen LogP contribution in [0.1, 0.15) is 29.4 Å². The molecule has 2 nitrogen and oxygen atoms in total. The first-order valence-electron chi connectivity index (χ1n) is 6.65. The van der Waals surface area contributed by atoms with Gasteiger partial charge in [-0.15, -0.1) is 0 Å². The highest BCUT2D eigenvalue weighted by atomic mass is 35.5. The van der Waals surface area contributed by atoms with Gasteiger partial charge in [0.2, 0.25) is 0 Å². The largest absolute Gasteiger partial charge is 0.198 e. The summed E-state index contributed by atoms with van der Waals surface area (Å²) in [5, 5.41) is 20.7. The Balaban J connectivity index is 2.33. The fourth-order valence-corrected chi connectivity index (χ4v) is 3.38. The van der Waals surface area contributed by atoms with Crippen LogP contribution in [0.25, 0.3) is 0 Å².